The van der Waals surface area contributed by atoms with Crippen LogP contribution in [0.2, 0.25) is 0 Å². The number of aromatic nitrogens is 2. The van der Waals surface area contributed by atoms with Gasteiger partial charge in [-0.2, -0.15) is 5.10 Å². The Bertz CT molecular complexity index is 788. The van der Waals surface area contributed by atoms with Gasteiger partial charge in [-0.15, -0.1) is 0 Å². The lowest BCUT2D eigenvalue weighted by molar-refractivity contribution is -0.120. The Morgan fingerprint density at radius 3 is 2.21 bits per heavy atom. The molecule has 0 saturated carbocycles. The van der Waals surface area contributed by atoms with Crippen LogP contribution in [-0.2, 0) is 31.4 Å². The van der Waals surface area contributed by atoms with Crippen molar-refractivity contribution in [3.63, 3.8) is 0 Å². The van der Waals surface area contributed by atoms with E-state index in [9.17, 15) is 4.79 Å². The van der Waals surface area contributed by atoms with Crippen LogP contribution in [0.5, 0.6) is 0 Å². The first-order valence-electron chi connectivity index (χ1n) is 10.2. The topological polar surface area (TPSA) is 53.4 Å². The highest BCUT2D eigenvalue weighted by Gasteiger charge is 2.16. The summed E-state index contributed by atoms with van der Waals surface area (Å²) >= 11 is 0. The predicted octanol–water partition coefficient (Wildman–Crippen LogP) is 2.03. The Morgan fingerprint density at radius 1 is 1.04 bits per heavy atom. The zero-order valence-electron chi connectivity index (χ0n) is 17.7. The summed E-state index contributed by atoms with van der Waals surface area (Å²) in [5.41, 5.74) is 5.48. The summed E-state index contributed by atoms with van der Waals surface area (Å²) in [5, 5.41) is 7.41. The minimum absolute atomic E-state index is 0.0390. The SMILES string of the molecule is CCN1CCN(Cc2ccc(CNC(=O)Cc3c(C)nn(C)c3C)cc2)CC1. The highest BCUT2D eigenvalue weighted by molar-refractivity contribution is 5.79. The van der Waals surface area contributed by atoms with Gasteiger partial charge in [0.25, 0.3) is 0 Å². The van der Waals surface area contributed by atoms with Crippen LogP contribution in [0.1, 0.15) is 35.0 Å². The van der Waals surface area contributed by atoms with Crippen LogP contribution in [0, 0.1) is 13.8 Å². The Labute approximate surface area is 168 Å². The summed E-state index contributed by atoms with van der Waals surface area (Å²) in [5.74, 6) is 0.0390. The van der Waals surface area contributed by atoms with Crippen LogP contribution < -0.4 is 5.32 Å². The van der Waals surface area contributed by atoms with Gasteiger partial charge in [-0.3, -0.25) is 14.4 Å². The third-order valence-electron chi connectivity index (χ3n) is 5.83. The van der Waals surface area contributed by atoms with Crippen LogP contribution in [0.15, 0.2) is 24.3 Å². The van der Waals surface area contributed by atoms with E-state index in [1.165, 1.54) is 5.56 Å². The molecule has 0 spiro atoms. The van der Waals surface area contributed by atoms with Crippen LogP contribution in [0.3, 0.4) is 0 Å². The van der Waals surface area contributed by atoms with E-state index >= 15 is 0 Å². The van der Waals surface area contributed by atoms with E-state index in [0.29, 0.717) is 13.0 Å². The van der Waals surface area contributed by atoms with Gasteiger partial charge in [-0.1, -0.05) is 31.2 Å². The minimum Gasteiger partial charge on any atom is -0.352 e. The first-order valence-corrected chi connectivity index (χ1v) is 10.2. The molecule has 0 radical (unpaired) electrons. The molecule has 2 heterocycles. The normalized spacial score (nSPS) is 15.7. The first-order chi connectivity index (χ1) is 13.5. The maximum absolute atomic E-state index is 12.3. The molecule has 152 valence electrons. The average Bonchev–Trinajstić information content (AvgIpc) is 2.94. The summed E-state index contributed by atoms with van der Waals surface area (Å²) < 4.78 is 1.83. The van der Waals surface area contributed by atoms with Gasteiger partial charge in [0.2, 0.25) is 5.91 Å². The molecule has 0 aliphatic carbocycles. The van der Waals surface area contributed by atoms with Crippen LogP contribution in [0.25, 0.3) is 0 Å². The maximum atomic E-state index is 12.3. The molecule has 0 unspecified atom stereocenters. The number of amides is 1. The van der Waals surface area contributed by atoms with E-state index in [2.05, 4.69) is 51.4 Å². The molecule has 28 heavy (non-hydrogen) atoms. The van der Waals surface area contributed by atoms with Gasteiger partial charge >= 0.3 is 0 Å². The molecular formula is C22H33N5O. The molecule has 6 nitrogen and oxygen atoms in total. The van der Waals surface area contributed by atoms with Crippen molar-refractivity contribution in [2.75, 3.05) is 32.7 Å². The molecule has 1 aromatic carbocycles. The number of piperazine rings is 1. The number of hydrogen-bond acceptors (Lipinski definition) is 4. The van der Waals surface area contributed by atoms with Gasteiger partial charge < -0.3 is 10.2 Å². The van der Waals surface area contributed by atoms with E-state index in [-0.39, 0.29) is 5.91 Å². The lowest BCUT2D eigenvalue weighted by Gasteiger charge is -2.34. The number of benzene rings is 1. The zero-order valence-corrected chi connectivity index (χ0v) is 17.7. The van der Waals surface area contributed by atoms with Crippen molar-refractivity contribution in [1.82, 2.24) is 24.9 Å². The van der Waals surface area contributed by atoms with E-state index < -0.39 is 0 Å². The van der Waals surface area contributed by atoms with Crippen LogP contribution in [0.4, 0.5) is 0 Å². The van der Waals surface area contributed by atoms with Gasteiger partial charge in [0.05, 0.1) is 12.1 Å². The molecule has 1 fully saturated rings. The number of carbonyl (C=O) groups is 1. The minimum atomic E-state index is 0.0390. The Kier molecular flexibility index (Phi) is 6.86. The number of nitrogens with one attached hydrogen (secondary N) is 1. The standard InChI is InChI=1S/C22H33N5O/c1-5-26-10-12-27(13-11-26)16-20-8-6-19(7-9-20)15-23-22(28)14-21-17(2)24-25(4)18(21)3/h6-9H,5,10-16H2,1-4H3,(H,23,28). The first kappa shape index (κ1) is 20.6. The van der Waals surface area contributed by atoms with Gasteiger partial charge in [0, 0.05) is 57.6 Å². The zero-order chi connectivity index (χ0) is 20.1. The monoisotopic (exact) mass is 383 g/mol. The summed E-state index contributed by atoms with van der Waals surface area (Å²) in [7, 11) is 1.91. The van der Waals surface area contributed by atoms with E-state index in [0.717, 1.165) is 61.8 Å². The van der Waals surface area contributed by atoms with E-state index in [1.54, 1.807) is 0 Å². The fourth-order valence-corrected chi connectivity index (χ4v) is 3.78. The van der Waals surface area contributed by atoms with Crippen molar-refractivity contribution in [1.29, 1.82) is 0 Å². The molecule has 0 bridgehead atoms. The second kappa shape index (κ2) is 9.34. The van der Waals surface area contributed by atoms with Crippen molar-refractivity contribution in [2.24, 2.45) is 7.05 Å². The third-order valence-corrected chi connectivity index (χ3v) is 5.83. The fourth-order valence-electron chi connectivity index (χ4n) is 3.78. The molecule has 1 N–H and O–H groups in total. The quantitative estimate of drug-likeness (QED) is 0.795. The summed E-state index contributed by atoms with van der Waals surface area (Å²) in [6.45, 7) is 13.5. The second-order valence-corrected chi connectivity index (χ2v) is 7.75. The number of rotatable bonds is 7. The molecule has 1 amide bonds. The number of carbonyl (C=O) groups excluding carboxylic acids is 1. The number of aryl methyl sites for hydroxylation is 2. The lowest BCUT2D eigenvalue weighted by Crippen LogP contribution is -2.45. The molecular weight excluding hydrogens is 350 g/mol. The second-order valence-electron chi connectivity index (χ2n) is 7.75. The number of likely N-dealkylation sites (N-methyl/N-ethyl adjacent to an activating group) is 1. The Balaban J connectivity index is 1.46. The van der Waals surface area contributed by atoms with Crippen molar-refractivity contribution in [3.8, 4) is 0 Å². The Hall–Kier alpha value is -2.18. The van der Waals surface area contributed by atoms with Crippen LogP contribution >= 0.6 is 0 Å². The number of hydrogen-bond donors (Lipinski definition) is 1. The van der Waals surface area contributed by atoms with E-state index in [1.807, 2.05) is 25.6 Å². The molecule has 1 aliphatic heterocycles. The predicted molar refractivity (Wildman–Crippen MR) is 112 cm³/mol. The van der Waals surface area contributed by atoms with Crippen molar-refractivity contribution >= 4 is 5.91 Å². The number of nitrogens with zero attached hydrogens (tertiary/aromatic N) is 4. The molecule has 2 aromatic rings. The third kappa shape index (κ3) is 5.20. The van der Waals surface area contributed by atoms with Gasteiger partial charge in [0.15, 0.2) is 0 Å². The van der Waals surface area contributed by atoms with Crippen molar-refractivity contribution < 1.29 is 4.79 Å². The molecule has 1 aromatic heterocycles. The molecule has 1 aliphatic rings. The largest absolute Gasteiger partial charge is 0.352 e. The van der Waals surface area contributed by atoms with E-state index in [4.69, 9.17) is 0 Å². The van der Waals surface area contributed by atoms with Crippen molar-refractivity contribution in [3.05, 3.63) is 52.3 Å². The molecule has 6 heteroatoms. The average molecular weight is 384 g/mol. The highest BCUT2D eigenvalue weighted by Crippen LogP contribution is 2.13. The molecule has 0 atom stereocenters. The highest BCUT2D eigenvalue weighted by atomic mass is 16.1. The maximum Gasteiger partial charge on any atom is 0.224 e. The molecule has 3 rings (SSSR count). The summed E-state index contributed by atoms with van der Waals surface area (Å²) in [6, 6.07) is 8.61. The smallest absolute Gasteiger partial charge is 0.224 e. The van der Waals surface area contributed by atoms with Crippen LogP contribution in [-0.4, -0.2) is 58.2 Å². The van der Waals surface area contributed by atoms with Crippen molar-refractivity contribution in [2.45, 2.75) is 40.3 Å². The Morgan fingerprint density at radius 2 is 1.64 bits per heavy atom. The summed E-state index contributed by atoms with van der Waals surface area (Å²) in [4.78, 5) is 17.3. The van der Waals surface area contributed by atoms with Gasteiger partial charge in [-0.05, 0) is 31.5 Å². The summed E-state index contributed by atoms with van der Waals surface area (Å²) in [6.07, 6.45) is 0.382. The molecule has 1 saturated heterocycles. The van der Waals surface area contributed by atoms with Gasteiger partial charge in [0.1, 0.15) is 0 Å². The lowest BCUT2D eigenvalue weighted by atomic mass is 10.1. The fraction of sp³-hybridized carbons (Fsp3) is 0.545. The van der Waals surface area contributed by atoms with Gasteiger partial charge in [-0.25, -0.2) is 0 Å².